The Kier molecular flexibility index (Phi) is 6.18. The van der Waals surface area contributed by atoms with E-state index in [0.29, 0.717) is 6.54 Å². The summed E-state index contributed by atoms with van der Waals surface area (Å²) in [7, 11) is 1.45. The molecular formula is C15H24N4O2S. The highest BCUT2D eigenvalue weighted by Gasteiger charge is 2.26. The molecule has 1 aromatic rings. The van der Waals surface area contributed by atoms with Crippen LogP contribution in [0.1, 0.15) is 29.7 Å². The smallest absolute Gasteiger partial charge is 0.308 e. The van der Waals surface area contributed by atoms with Crippen molar-refractivity contribution in [3.05, 3.63) is 16.1 Å². The Hall–Kier alpha value is -1.63. The molecule has 0 aliphatic carbocycles. The average molecular weight is 324 g/mol. The highest BCUT2D eigenvalue weighted by Crippen LogP contribution is 2.19. The summed E-state index contributed by atoms with van der Waals surface area (Å²) in [6.45, 7) is 7.17. The van der Waals surface area contributed by atoms with Crippen LogP contribution >= 0.6 is 11.3 Å². The number of thiazole rings is 1. The minimum Gasteiger partial charge on any atom is -0.469 e. The standard InChI is InChI=1S/C15H24N4O2S/c1-4-16-15(18-10-13-17-9-11(2)22-13)19-7-5-12(6-8-19)14(20)21-3/h9,12H,4-8,10H2,1-3H3,(H,16,18). The van der Waals surface area contributed by atoms with Gasteiger partial charge in [0.25, 0.3) is 0 Å². The van der Waals surface area contributed by atoms with Crippen LogP contribution in [-0.2, 0) is 16.1 Å². The second-order valence-electron chi connectivity index (χ2n) is 5.32. The molecule has 2 heterocycles. The van der Waals surface area contributed by atoms with Crippen molar-refractivity contribution >= 4 is 23.3 Å². The molecule has 1 aromatic heterocycles. The van der Waals surface area contributed by atoms with Crippen LogP contribution in [0.4, 0.5) is 0 Å². The Bertz CT molecular complexity index is 521. The molecule has 1 saturated heterocycles. The minimum atomic E-state index is -0.0974. The Morgan fingerprint density at radius 1 is 1.55 bits per heavy atom. The second kappa shape index (κ2) is 8.12. The Labute approximate surface area is 135 Å². The Morgan fingerprint density at radius 2 is 2.27 bits per heavy atom. The number of aromatic nitrogens is 1. The van der Waals surface area contributed by atoms with Crippen LogP contribution in [0.2, 0.25) is 0 Å². The molecule has 0 aromatic carbocycles. The number of hydrogen-bond donors (Lipinski definition) is 1. The van der Waals surface area contributed by atoms with E-state index in [2.05, 4.69) is 27.1 Å². The molecule has 0 atom stereocenters. The Balaban J connectivity index is 1.95. The van der Waals surface area contributed by atoms with E-state index in [4.69, 9.17) is 4.74 Å². The van der Waals surface area contributed by atoms with Crippen LogP contribution < -0.4 is 5.32 Å². The molecule has 7 heteroatoms. The van der Waals surface area contributed by atoms with Gasteiger partial charge in [-0.2, -0.15) is 0 Å². The Morgan fingerprint density at radius 3 is 2.82 bits per heavy atom. The summed E-state index contributed by atoms with van der Waals surface area (Å²) in [5, 5.41) is 4.35. The van der Waals surface area contributed by atoms with Crippen LogP contribution in [0.15, 0.2) is 11.2 Å². The van der Waals surface area contributed by atoms with Crippen molar-refractivity contribution in [3.63, 3.8) is 0 Å². The van der Waals surface area contributed by atoms with Crippen LogP contribution in [0.25, 0.3) is 0 Å². The number of guanidine groups is 1. The lowest BCUT2D eigenvalue weighted by Crippen LogP contribution is -2.46. The van der Waals surface area contributed by atoms with Gasteiger partial charge in [-0.15, -0.1) is 11.3 Å². The molecule has 0 spiro atoms. The molecule has 0 amide bonds. The summed E-state index contributed by atoms with van der Waals surface area (Å²) in [6.07, 6.45) is 3.51. The number of nitrogens with zero attached hydrogens (tertiary/aromatic N) is 3. The molecule has 0 radical (unpaired) electrons. The number of carbonyl (C=O) groups is 1. The molecule has 122 valence electrons. The number of esters is 1. The van der Waals surface area contributed by atoms with Gasteiger partial charge in [0.2, 0.25) is 0 Å². The van der Waals surface area contributed by atoms with Gasteiger partial charge in [-0.3, -0.25) is 4.79 Å². The molecule has 1 fully saturated rings. The largest absolute Gasteiger partial charge is 0.469 e. The fraction of sp³-hybridized carbons (Fsp3) is 0.667. The van der Waals surface area contributed by atoms with E-state index in [1.807, 2.05) is 13.1 Å². The molecule has 6 nitrogen and oxygen atoms in total. The van der Waals surface area contributed by atoms with E-state index in [1.54, 1.807) is 11.3 Å². The van der Waals surface area contributed by atoms with Gasteiger partial charge in [0.15, 0.2) is 5.96 Å². The summed E-state index contributed by atoms with van der Waals surface area (Å²) in [5.41, 5.74) is 0. The lowest BCUT2D eigenvalue weighted by Gasteiger charge is -2.33. The van der Waals surface area contributed by atoms with Crippen molar-refractivity contribution in [1.82, 2.24) is 15.2 Å². The highest BCUT2D eigenvalue weighted by atomic mass is 32.1. The van der Waals surface area contributed by atoms with E-state index in [0.717, 1.165) is 43.4 Å². The lowest BCUT2D eigenvalue weighted by atomic mass is 9.97. The molecular weight excluding hydrogens is 300 g/mol. The summed E-state index contributed by atoms with van der Waals surface area (Å²) in [4.78, 5) is 24.0. The van der Waals surface area contributed by atoms with Gasteiger partial charge >= 0.3 is 5.97 Å². The number of carbonyl (C=O) groups excluding carboxylic acids is 1. The van der Waals surface area contributed by atoms with E-state index in [-0.39, 0.29) is 11.9 Å². The van der Waals surface area contributed by atoms with E-state index in [9.17, 15) is 4.79 Å². The zero-order chi connectivity index (χ0) is 15.9. The number of likely N-dealkylation sites (tertiary alicyclic amines) is 1. The van der Waals surface area contributed by atoms with E-state index < -0.39 is 0 Å². The summed E-state index contributed by atoms with van der Waals surface area (Å²) < 4.78 is 4.83. The van der Waals surface area contributed by atoms with Crippen molar-refractivity contribution in [2.24, 2.45) is 10.9 Å². The number of rotatable bonds is 4. The van der Waals surface area contributed by atoms with Gasteiger partial charge in [0.05, 0.1) is 19.6 Å². The van der Waals surface area contributed by atoms with Crippen LogP contribution in [-0.4, -0.2) is 48.6 Å². The summed E-state index contributed by atoms with van der Waals surface area (Å²) in [6, 6.07) is 0. The molecule has 0 bridgehead atoms. The molecule has 22 heavy (non-hydrogen) atoms. The predicted octanol–water partition coefficient (Wildman–Crippen LogP) is 1.80. The van der Waals surface area contributed by atoms with Crippen LogP contribution in [0, 0.1) is 12.8 Å². The number of nitrogens with one attached hydrogen (secondary N) is 1. The first-order chi connectivity index (χ1) is 10.6. The first-order valence-corrected chi connectivity index (χ1v) is 8.48. The van der Waals surface area contributed by atoms with Gasteiger partial charge in [-0.1, -0.05) is 0 Å². The van der Waals surface area contributed by atoms with Crippen LogP contribution in [0.5, 0.6) is 0 Å². The molecule has 1 aliphatic rings. The quantitative estimate of drug-likeness (QED) is 0.520. The average Bonchev–Trinajstić information content (AvgIpc) is 2.96. The monoisotopic (exact) mass is 324 g/mol. The van der Waals surface area contributed by atoms with E-state index in [1.165, 1.54) is 12.0 Å². The first kappa shape index (κ1) is 16.7. The van der Waals surface area contributed by atoms with Gasteiger partial charge in [-0.25, -0.2) is 9.98 Å². The van der Waals surface area contributed by atoms with Crippen molar-refractivity contribution < 1.29 is 9.53 Å². The van der Waals surface area contributed by atoms with Crippen molar-refractivity contribution in [3.8, 4) is 0 Å². The van der Waals surface area contributed by atoms with Gasteiger partial charge in [0.1, 0.15) is 5.01 Å². The van der Waals surface area contributed by atoms with Gasteiger partial charge in [0, 0.05) is 30.7 Å². The fourth-order valence-corrected chi connectivity index (χ4v) is 3.25. The number of methoxy groups -OCH3 is 1. The van der Waals surface area contributed by atoms with Gasteiger partial charge in [-0.05, 0) is 26.7 Å². The lowest BCUT2D eigenvalue weighted by molar-refractivity contribution is -0.146. The third-order valence-electron chi connectivity index (χ3n) is 3.70. The van der Waals surface area contributed by atoms with Crippen molar-refractivity contribution in [2.75, 3.05) is 26.7 Å². The number of ether oxygens (including phenoxy) is 1. The molecule has 0 saturated carbocycles. The SMILES string of the molecule is CCNC(=NCc1ncc(C)s1)N1CCC(C(=O)OC)CC1. The first-order valence-electron chi connectivity index (χ1n) is 7.66. The third kappa shape index (κ3) is 4.43. The zero-order valence-electron chi connectivity index (χ0n) is 13.5. The summed E-state index contributed by atoms with van der Waals surface area (Å²) >= 11 is 1.68. The maximum atomic E-state index is 11.6. The molecule has 1 aliphatic heterocycles. The van der Waals surface area contributed by atoms with Gasteiger partial charge < -0.3 is 15.0 Å². The molecule has 2 rings (SSSR count). The minimum absolute atomic E-state index is 0.0192. The topological polar surface area (TPSA) is 66.8 Å². The zero-order valence-corrected chi connectivity index (χ0v) is 14.3. The molecule has 1 N–H and O–H groups in total. The highest BCUT2D eigenvalue weighted by molar-refractivity contribution is 7.11. The third-order valence-corrected chi connectivity index (χ3v) is 4.59. The number of aryl methyl sites for hydroxylation is 1. The van der Waals surface area contributed by atoms with Crippen molar-refractivity contribution in [2.45, 2.75) is 33.2 Å². The second-order valence-corrected chi connectivity index (χ2v) is 6.64. The maximum Gasteiger partial charge on any atom is 0.308 e. The molecule has 0 unspecified atom stereocenters. The van der Waals surface area contributed by atoms with E-state index >= 15 is 0 Å². The maximum absolute atomic E-state index is 11.6. The predicted molar refractivity (Wildman–Crippen MR) is 88.0 cm³/mol. The van der Waals surface area contributed by atoms with Crippen molar-refractivity contribution in [1.29, 1.82) is 0 Å². The number of aliphatic imine (C=N–C) groups is 1. The van der Waals surface area contributed by atoms with Crippen LogP contribution in [0.3, 0.4) is 0 Å². The summed E-state index contributed by atoms with van der Waals surface area (Å²) in [5.74, 6) is 0.823. The number of piperidine rings is 1. The normalized spacial score (nSPS) is 16.7. The fourth-order valence-electron chi connectivity index (χ4n) is 2.54. The number of hydrogen-bond acceptors (Lipinski definition) is 5.